The maximum absolute atomic E-state index is 11.6. The van der Waals surface area contributed by atoms with Crippen LogP contribution in [0.3, 0.4) is 0 Å². The van der Waals surface area contributed by atoms with Crippen LogP contribution in [-0.4, -0.2) is 43.7 Å². The molecule has 1 saturated carbocycles. The highest BCUT2D eigenvalue weighted by atomic mass is 32.2. The second kappa shape index (κ2) is 5.88. The summed E-state index contributed by atoms with van der Waals surface area (Å²) in [7, 11) is -2.98. The zero-order valence-corrected chi connectivity index (χ0v) is 12.8. The van der Waals surface area contributed by atoms with Crippen molar-refractivity contribution in [1.82, 2.24) is 5.32 Å². The molecule has 1 aliphatic carbocycles. The van der Waals surface area contributed by atoms with Crippen molar-refractivity contribution in [3.8, 4) is 0 Å². The fourth-order valence-corrected chi connectivity index (χ4v) is 4.16. The molecule has 5 heteroatoms. The molecule has 0 spiro atoms. The number of nitrogens with one attached hydrogen (secondary N) is 1. The van der Waals surface area contributed by atoms with Gasteiger partial charge in [0.25, 0.3) is 0 Å². The summed E-state index contributed by atoms with van der Waals surface area (Å²) in [6.45, 7) is 6.75. The van der Waals surface area contributed by atoms with Gasteiger partial charge in [-0.15, -0.1) is 0 Å². The fourth-order valence-electron chi connectivity index (χ4n) is 2.74. The van der Waals surface area contributed by atoms with Crippen LogP contribution in [0.5, 0.6) is 0 Å². The average Bonchev–Trinajstić information content (AvgIpc) is 2.58. The topological polar surface area (TPSA) is 66.4 Å². The van der Waals surface area contributed by atoms with Crippen molar-refractivity contribution >= 4 is 9.84 Å². The maximum atomic E-state index is 11.6. The van der Waals surface area contributed by atoms with Crippen LogP contribution in [-0.2, 0) is 9.84 Å². The predicted octanol–water partition coefficient (Wildman–Crippen LogP) is 1.34. The van der Waals surface area contributed by atoms with E-state index in [2.05, 4.69) is 26.1 Å². The second-order valence-corrected chi connectivity index (χ2v) is 9.00. The van der Waals surface area contributed by atoms with Crippen LogP contribution < -0.4 is 5.32 Å². The zero-order chi connectivity index (χ0) is 14.0. The van der Waals surface area contributed by atoms with Crippen molar-refractivity contribution in [1.29, 1.82) is 0 Å². The summed E-state index contributed by atoms with van der Waals surface area (Å²) in [6, 6.07) is 0.00891. The first-order valence-electron chi connectivity index (χ1n) is 6.70. The largest absolute Gasteiger partial charge is 0.392 e. The van der Waals surface area contributed by atoms with Crippen LogP contribution in [0, 0.1) is 5.41 Å². The SMILES string of the molecule is CC(C)(C)C[C@H](O)CN[C@H]1CCC[C@H]1S(C)(=O)=O. The fraction of sp³-hybridized carbons (Fsp3) is 1.00. The van der Waals surface area contributed by atoms with Gasteiger partial charge in [0.1, 0.15) is 0 Å². The van der Waals surface area contributed by atoms with Gasteiger partial charge in [-0.1, -0.05) is 27.2 Å². The lowest BCUT2D eigenvalue weighted by Crippen LogP contribution is -2.43. The molecule has 1 rings (SSSR count). The summed E-state index contributed by atoms with van der Waals surface area (Å²) in [6.07, 6.45) is 4.20. The highest BCUT2D eigenvalue weighted by Gasteiger charge is 2.34. The van der Waals surface area contributed by atoms with Crippen LogP contribution in [0.15, 0.2) is 0 Å². The standard InChI is InChI=1S/C13H27NO3S/c1-13(2,3)8-10(15)9-14-11-6-5-7-12(11)18(4,16)17/h10-12,14-15H,5-9H2,1-4H3/t10-,11-,12+/m0/s1. The number of rotatable bonds is 5. The van der Waals surface area contributed by atoms with E-state index in [4.69, 9.17) is 0 Å². The lowest BCUT2D eigenvalue weighted by molar-refractivity contribution is 0.117. The van der Waals surface area contributed by atoms with Crippen molar-refractivity contribution in [3.05, 3.63) is 0 Å². The van der Waals surface area contributed by atoms with Gasteiger partial charge in [-0.05, 0) is 24.7 Å². The molecule has 0 aromatic rings. The third kappa shape index (κ3) is 5.24. The van der Waals surface area contributed by atoms with Gasteiger partial charge in [0.05, 0.1) is 11.4 Å². The van der Waals surface area contributed by atoms with Gasteiger partial charge < -0.3 is 10.4 Å². The molecule has 0 unspecified atom stereocenters. The Bertz CT molecular complexity index is 359. The number of sulfone groups is 1. The minimum absolute atomic E-state index is 0.00891. The first-order chi connectivity index (χ1) is 8.09. The molecule has 0 amide bonds. The van der Waals surface area contributed by atoms with E-state index in [-0.39, 0.29) is 16.7 Å². The Hall–Kier alpha value is -0.130. The van der Waals surface area contributed by atoms with Crippen molar-refractivity contribution in [2.75, 3.05) is 12.8 Å². The number of hydrogen-bond donors (Lipinski definition) is 2. The van der Waals surface area contributed by atoms with Gasteiger partial charge in [0.15, 0.2) is 9.84 Å². The molecule has 18 heavy (non-hydrogen) atoms. The van der Waals surface area contributed by atoms with Gasteiger partial charge in [0, 0.05) is 18.8 Å². The molecule has 0 saturated heterocycles. The van der Waals surface area contributed by atoms with E-state index >= 15 is 0 Å². The molecule has 2 N–H and O–H groups in total. The summed E-state index contributed by atoms with van der Waals surface area (Å²) in [5.74, 6) is 0. The Balaban J connectivity index is 2.44. The van der Waals surface area contributed by atoms with Crippen LogP contribution in [0.1, 0.15) is 46.5 Å². The van der Waals surface area contributed by atoms with E-state index in [1.807, 2.05) is 0 Å². The van der Waals surface area contributed by atoms with Crippen molar-refractivity contribution in [3.63, 3.8) is 0 Å². The Morgan fingerprint density at radius 3 is 2.44 bits per heavy atom. The smallest absolute Gasteiger partial charge is 0.151 e. The van der Waals surface area contributed by atoms with E-state index in [0.29, 0.717) is 6.54 Å². The molecule has 1 aliphatic rings. The highest BCUT2D eigenvalue weighted by Crippen LogP contribution is 2.25. The van der Waals surface area contributed by atoms with Gasteiger partial charge in [-0.25, -0.2) is 8.42 Å². The highest BCUT2D eigenvalue weighted by molar-refractivity contribution is 7.91. The van der Waals surface area contributed by atoms with E-state index in [1.54, 1.807) is 0 Å². The molecule has 0 heterocycles. The number of aliphatic hydroxyl groups is 1. The second-order valence-electron chi connectivity index (χ2n) is 6.73. The van der Waals surface area contributed by atoms with E-state index < -0.39 is 15.9 Å². The molecule has 0 bridgehead atoms. The molecule has 0 aliphatic heterocycles. The summed E-state index contributed by atoms with van der Waals surface area (Å²) in [4.78, 5) is 0. The van der Waals surface area contributed by atoms with Crippen LogP contribution >= 0.6 is 0 Å². The van der Waals surface area contributed by atoms with E-state index in [1.165, 1.54) is 6.26 Å². The minimum Gasteiger partial charge on any atom is -0.392 e. The Labute approximate surface area is 111 Å². The molecular weight excluding hydrogens is 250 g/mol. The quantitative estimate of drug-likeness (QED) is 0.796. The first-order valence-corrected chi connectivity index (χ1v) is 8.65. The van der Waals surface area contributed by atoms with Crippen molar-refractivity contribution < 1.29 is 13.5 Å². The molecule has 3 atom stereocenters. The molecule has 0 radical (unpaired) electrons. The zero-order valence-electron chi connectivity index (χ0n) is 11.9. The Morgan fingerprint density at radius 1 is 1.33 bits per heavy atom. The molecule has 4 nitrogen and oxygen atoms in total. The van der Waals surface area contributed by atoms with E-state index in [0.717, 1.165) is 25.7 Å². The van der Waals surface area contributed by atoms with Gasteiger partial charge in [0.2, 0.25) is 0 Å². The Morgan fingerprint density at radius 2 is 1.94 bits per heavy atom. The van der Waals surface area contributed by atoms with Gasteiger partial charge >= 0.3 is 0 Å². The third-order valence-corrected chi connectivity index (χ3v) is 5.13. The van der Waals surface area contributed by atoms with Crippen molar-refractivity contribution in [2.24, 2.45) is 5.41 Å². The molecule has 1 fully saturated rings. The summed E-state index contributed by atoms with van der Waals surface area (Å²) in [5, 5.41) is 12.9. The maximum Gasteiger partial charge on any atom is 0.151 e. The normalized spacial score (nSPS) is 27.4. The molecule has 0 aromatic carbocycles. The van der Waals surface area contributed by atoms with Crippen LogP contribution in [0.25, 0.3) is 0 Å². The number of hydrogen-bond acceptors (Lipinski definition) is 4. The Kier molecular flexibility index (Phi) is 5.21. The molecule has 0 aromatic heterocycles. The monoisotopic (exact) mass is 277 g/mol. The van der Waals surface area contributed by atoms with E-state index in [9.17, 15) is 13.5 Å². The first kappa shape index (κ1) is 15.9. The molecular formula is C13H27NO3S. The minimum atomic E-state index is -2.98. The van der Waals surface area contributed by atoms with Crippen LogP contribution in [0.4, 0.5) is 0 Å². The van der Waals surface area contributed by atoms with Crippen LogP contribution in [0.2, 0.25) is 0 Å². The lowest BCUT2D eigenvalue weighted by Gasteiger charge is -2.25. The molecule has 108 valence electrons. The lowest BCUT2D eigenvalue weighted by atomic mass is 9.89. The summed E-state index contributed by atoms with van der Waals surface area (Å²) in [5.41, 5.74) is 0.0903. The average molecular weight is 277 g/mol. The summed E-state index contributed by atoms with van der Waals surface area (Å²) >= 11 is 0. The summed E-state index contributed by atoms with van der Waals surface area (Å²) < 4.78 is 23.2. The predicted molar refractivity (Wildman–Crippen MR) is 74.4 cm³/mol. The number of aliphatic hydroxyl groups excluding tert-OH is 1. The third-order valence-electron chi connectivity index (χ3n) is 3.47. The van der Waals surface area contributed by atoms with Gasteiger partial charge in [-0.2, -0.15) is 0 Å². The van der Waals surface area contributed by atoms with Crippen molar-refractivity contribution in [2.45, 2.75) is 63.9 Å². The van der Waals surface area contributed by atoms with Gasteiger partial charge in [-0.3, -0.25) is 0 Å².